The predicted octanol–water partition coefficient (Wildman–Crippen LogP) is 4.38. The minimum absolute atomic E-state index is 0.194. The SMILES string of the molecule is COC1=CC(C2Cc3ccccc3N2)=N/C1=C(\C)c1[nH]c(C)cc1C. The van der Waals surface area contributed by atoms with Crippen LogP contribution in [0.2, 0.25) is 0 Å². The highest BCUT2D eigenvalue weighted by molar-refractivity contribution is 6.06. The number of rotatable bonds is 3. The van der Waals surface area contributed by atoms with E-state index in [1.807, 2.05) is 0 Å². The molecule has 1 atom stereocenters. The Kier molecular flexibility index (Phi) is 3.75. The van der Waals surface area contributed by atoms with Gasteiger partial charge in [0.15, 0.2) is 0 Å². The van der Waals surface area contributed by atoms with Crippen LogP contribution in [-0.4, -0.2) is 23.8 Å². The number of aliphatic imine (C=N–C) groups is 1. The summed E-state index contributed by atoms with van der Waals surface area (Å²) in [5.41, 5.74) is 9.12. The van der Waals surface area contributed by atoms with Gasteiger partial charge in [-0.25, -0.2) is 4.99 Å². The lowest BCUT2D eigenvalue weighted by Crippen LogP contribution is -2.24. The predicted molar refractivity (Wildman–Crippen MR) is 103 cm³/mol. The average Bonchev–Trinajstić information content (AvgIpc) is 3.29. The number of allylic oxidation sites excluding steroid dienone is 1. The maximum atomic E-state index is 5.63. The number of ether oxygens (including phenoxy) is 1. The van der Waals surface area contributed by atoms with Crippen LogP contribution in [0.25, 0.3) is 5.57 Å². The lowest BCUT2D eigenvalue weighted by Gasteiger charge is -2.09. The van der Waals surface area contributed by atoms with Crippen LogP contribution in [0.5, 0.6) is 0 Å². The molecule has 128 valence electrons. The Hall–Kier alpha value is -2.75. The summed E-state index contributed by atoms with van der Waals surface area (Å²) in [7, 11) is 1.71. The lowest BCUT2D eigenvalue weighted by molar-refractivity contribution is 0.302. The number of benzene rings is 1. The number of fused-ring (bicyclic) bond motifs is 1. The van der Waals surface area contributed by atoms with Gasteiger partial charge in [0.2, 0.25) is 0 Å². The Morgan fingerprint density at radius 1 is 1.24 bits per heavy atom. The summed E-state index contributed by atoms with van der Waals surface area (Å²) >= 11 is 0. The third-order valence-electron chi connectivity index (χ3n) is 4.98. The highest BCUT2D eigenvalue weighted by Crippen LogP contribution is 2.33. The second-order valence-corrected chi connectivity index (χ2v) is 6.79. The van der Waals surface area contributed by atoms with Crippen molar-refractivity contribution in [3.8, 4) is 0 Å². The molecule has 0 bridgehead atoms. The van der Waals surface area contributed by atoms with Crippen molar-refractivity contribution >= 4 is 17.0 Å². The zero-order valence-corrected chi connectivity index (χ0v) is 15.1. The van der Waals surface area contributed by atoms with Gasteiger partial charge in [-0.05, 0) is 44.0 Å². The molecule has 2 aliphatic rings. The van der Waals surface area contributed by atoms with E-state index in [9.17, 15) is 0 Å². The van der Waals surface area contributed by atoms with Crippen LogP contribution in [0.4, 0.5) is 5.69 Å². The molecule has 1 aromatic carbocycles. The summed E-state index contributed by atoms with van der Waals surface area (Å²) in [5.74, 6) is 0.830. The molecule has 0 radical (unpaired) electrons. The van der Waals surface area contributed by atoms with Gasteiger partial charge in [0.25, 0.3) is 0 Å². The summed E-state index contributed by atoms with van der Waals surface area (Å²) < 4.78 is 5.63. The van der Waals surface area contributed by atoms with Gasteiger partial charge in [0.1, 0.15) is 11.5 Å². The highest BCUT2D eigenvalue weighted by atomic mass is 16.5. The van der Waals surface area contributed by atoms with Crippen molar-refractivity contribution < 1.29 is 4.74 Å². The fourth-order valence-electron chi connectivity index (χ4n) is 3.73. The normalized spacial score (nSPS) is 20.7. The Bertz CT molecular complexity index is 905. The van der Waals surface area contributed by atoms with E-state index >= 15 is 0 Å². The topological polar surface area (TPSA) is 49.4 Å². The van der Waals surface area contributed by atoms with Crippen LogP contribution >= 0.6 is 0 Å². The molecular formula is C21H23N3O. The molecule has 0 amide bonds. The Morgan fingerprint density at radius 3 is 2.72 bits per heavy atom. The van der Waals surface area contributed by atoms with E-state index in [0.717, 1.165) is 40.5 Å². The van der Waals surface area contributed by atoms with E-state index in [4.69, 9.17) is 9.73 Å². The van der Waals surface area contributed by atoms with Crippen LogP contribution in [0.3, 0.4) is 0 Å². The van der Waals surface area contributed by atoms with Gasteiger partial charge < -0.3 is 15.0 Å². The number of aryl methyl sites for hydroxylation is 2. The first-order chi connectivity index (χ1) is 12.1. The first-order valence-corrected chi connectivity index (χ1v) is 8.63. The molecule has 2 aliphatic heterocycles. The standard InChI is InChI=1S/C21H23N3O/c1-12-9-13(2)22-20(12)14(3)21-19(25-4)11-18(24-21)17-10-15-7-5-6-8-16(15)23-17/h5-9,11,17,22-23H,10H2,1-4H3/b21-14+. The second-order valence-electron chi connectivity index (χ2n) is 6.79. The molecule has 0 fully saturated rings. The van der Waals surface area contributed by atoms with E-state index in [1.165, 1.54) is 16.8 Å². The van der Waals surface area contributed by atoms with Gasteiger partial charge in [-0.1, -0.05) is 18.2 Å². The number of hydrogen-bond donors (Lipinski definition) is 2. The third kappa shape index (κ3) is 2.68. The third-order valence-corrected chi connectivity index (χ3v) is 4.98. The van der Waals surface area contributed by atoms with E-state index in [-0.39, 0.29) is 6.04 Å². The van der Waals surface area contributed by atoms with E-state index in [2.05, 4.69) is 67.5 Å². The molecule has 1 unspecified atom stereocenters. The zero-order chi connectivity index (χ0) is 17.6. The van der Waals surface area contributed by atoms with Gasteiger partial charge in [-0.15, -0.1) is 0 Å². The fourth-order valence-corrected chi connectivity index (χ4v) is 3.73. The molecule has 0 aliphatic carbocycles. The van der Waals surface area contributed by atoms with E-state index in [1.54, 1.807) is 7.11 Å². The quantitative estimate of drug-likeness (QED) is 0.875. The van der Waals surface area contributed by atoms with Crippen molar-refractivity contribution in [3.05, 3.63) is 70.4 Å². The molecular weight excluding hydrogens is 310 g/mol. The average molecular weight is 333 g/mol. The minimum atomic E-state index is 0.194. The van der Waals surface area contributed by atoms with Crippen LogP contribution in [0, 0.1) is 13.8 Å². The first kappa shape index (κ1) is 15.8. The second kappa shape index (κ2) is 5.96. The van der Waals surface area contributed by atoms with Crippen molar-refractivity contribution in [2.24, 2.45) is 4.99 Å². The summed E-state index contributed by atoms with van der Waals surface area (Å²) in [4.78, 5) is 8.37. The Labute approximate surface area is 148 Å². The number of para-hydroxylation sites is 1. The number of aromatic amines is 1. The molecule has 3 heterocycles. The molecule has 0 spiro atoms. The number of hydrogen-bond acceptors (Lipinski definition) is 3. The number of anilines is 1. The number of aromatic nitrogens is 1. The monoisotopic (exact) mass is 333 g/mol. The molecule has 4 heteroatoms. The number of methoxy groups -OCH3 is 1. The Balaban J connectivity index is 1.70. The molecule has 1 aromatic heterocycles. The van der Waals surface area contributed by atoms with E-state index < -0.39 is 0 Å². The van der Waals surface area contributed by atoms with E-state index in [0.29, 0.717) is 0 Å². The lowest BCUT2D eigenvalue weighted by atomic mass is 10.1. The smallest absolute Gasteiger partial charge is 0.146 e. The van der Waals surface area contributed by atoms with Gasteiger partial charge in [-0.3, -0.25) is 0 Å². The number of nitrogens with one attached hydrogen (secondary N) is 2. The molecule has 2 N–H and O–H groups in total. The molecule has 4 nitrogen and oxygen atoms in total. The summed E-state index contributed by atoms with van der Waals surface area (Å²) in [6.45, 7) is 6.29. The van der Waals surface area contributed by atoms with Gasteiger partial charge in [0, 0.05) is 35.1 Å². The Morgan fingerprint density at radius 2 is 2.04 bits per heavy atom. The zero-order valence-electron chi connectivity index (χ0n) is 15.1. The molecule has 0 saturated carbocycles. The van der Waals surface area contributed by atoms with Crippen LogP contribution in [0.15, 0.2) is 52.9 Å². The highest BCUT2D eigenvalue weighted by Gasteiger charge is 2.29. The number of H-pyrrole nitrogens is 1. The summed E-state index contributed by atoms with van der Waals surface area (Å²) in [6.07, 6.45) is 3.02. The number of nitrogens with zero attached hydrogens (tertiary/aromatic N) is 1. The summed E-state index contributed by atoms with van der Waals surface area (Å²) in [5, 5.41) is 3.57. The van der Waals surface area contributed by atoms with Crippen molar-refractivity contribution in [3.63, 3.8) is 0 Å². The first-order valence-electron chi connectivity index (χ1n) is 8.63. The molecule has 25 heavy (non-hydrogen) atoms. The van der Waals surface area contributed by atoms with Gasteiger partial charge >= 0.3 is 0 Å². The maximum Gasteiger partial charge on any atom is 0.146 e. The largest absolute Gasteiger partial charge is 0.494 e. The van der Waals surface area contributed by atoms with Gasteiger partial charge in [0.05, 0.1) is 18.9 Å². The van der Waals surface area contributed by atoms with Crippen LogP contribution in [-0.2, 0) is 11.2 Å². The van der Waals surface area contributed by atoms with Crippen molar-refractivity contribution in [2.45, 2.75) is 33.2 Å². The van der Waals surface area contributed by atoms with Gasteiger partial charge in [-0.2, -0.15) is 0 Å². The van der Waals surface area contributed by atoms with Crippen molar-refractivity contribution in [2.75, 3.05) is 12.4 Å². The molecule has 0 saturated heterocycles. The summed E-state index contributed by atoms with van der Waals surface area (Å²) in [6, 6.07) is 10.8. The van der Waals surface area contributed by atoms with Crippen molar-refractivity contribution in [1.82, 2.24) is 4.98 Å². The van der Waals surface area contributed by atoms with Crippen LogP contribution < -0.4 is 5.32 Å². The maximum absolute atomic E-state index is 5.63. The fraction of sp³-hybridized carbons (Fsp3) is 0.286. The molecule has 4 rings (SSSR count). The van der Waals surface area contributed by atoms with Crippen molar-refractivity contribution in [1.29, 1.82) is 0 Å². The minimum Gasteiger partial charge on any atom is -0.494 e. The van der Waals surface area contributed by atoms with Crippen LogP contribution in [0.1, 0.15) is 29.4 Å². The molecule has 2 aromatic rings.